The molecule has 0 amide bonds. The molecule has 0 aliphatic rings. The van der Waals surface area contributed by atoms with Crippen LogP contribution < -0.4 is 5.32 Å². The smallest absolute Gasteiger partial charge is 0.128 e. The van der Waals surface area contributed by atoms with Crippen molar-refractivity contribution in [3.63, 3.8) is 0 Å². The second-order valence-electron chi connectivity index (χ2n) is 6.02. The number of benzene rings is 2. The van der Waals surface area contributed by atoms with Crippen molar-refractivity contribution in [2.45, 2.75) is 32.2 Å². The van der Waals surface area contributed by atoms with E-state index in [9.17, 15) is 4.39 Å². The lowest BCUT2D eigenvalue weighted by atomic mass is 9.84. The number of rotatable bonds is 5. The van der Waals surface area contributed by atoms with Crippen LogP contribution in [0.1, 0.15) is 37.9 Å². The van der Waals surface area contributed by atoms with Gasteiger partial charge in [0, 0.05) is 28.0 Å². The molecule has 1 unspecified atom stereocenters. The summed E-state index contributed by atoms with van der Waals surface area (Å²) in [5, 5.41) is 3.44. The van der Waals surface area contributed by atoms with Crippen molar-refractivity contribution in [1.82, 2.24) is 5.32 Å². The third-order valence-corrected chi connectivity index (χ3v) is 4.32. The van der Waals surface area contributed by atoms with Gasteiger partial charge >= 0.3 is 0 Å². The highest BCUT2D eigenvalue weighted by molar-refractivity contribution is 9.10. The molecule has 1 atom stereocenters. The average molecular weight is 350 g/mol. The van der Waals surface area contributed by atoms with E-state index in [1.165, 1.54) is 11.6 Å². The third-order valence-electron chi connectivity index (χ3n) is 3.83. The molecule has 0 fully saturated rings. The zero-order chi connectivity index (χ0) is 15.5. The van der Waals surface area contributed by atoms with Crippen molar-refractivity contribution in [1.29, 1.82) is 0 Å². The molecule has 0 saturated heterocycles. The van der Waals surface area contributed by atoms with Gasteiger partial charge in [0.25, 0.3) is 0 Å². The fraction of sp³-hybridized carbons (Fsp3) is 0.333. The maximum Gasteiger partial charge on any atom is 0.128 e. The predicted molar refractivity (Wildman–Crippen MR) is 90.0 cm³/mol. The number of nitrogens with one attached hydrogen (secondary N) is 1. The fourth-order valence-electron chi connectivity index (χ4n) is 2.36. The van der Waals surface area contributed by atoms with Crippen molar-refractivity contribution in [2.24, 2.45) is 0 Å². The first-order chi connectivity index (χ1) is 9.90. The van der Waals surface area contributed by atoms with Crippen LogP contribution in [0.5, 0.6) is 0 Å². The zero-order valence-corrected chi connectivity index (χ0v) is 14.2. The van der Waals surface area contributed by atoms with Gasteiger partial charge in [-0.1, -0.05) is 60.1 Å². The van der Waals surface area contributed by atoms with Crippen molar-refractivity contribution in [3.05, 3.63) is 69.9 Å². The average Bonchev–Trinajstić information content (AvgIpc) is 2.48. The molecule has 21 heavy (non-hydrogen) atoms. The molecule has 0 heterocycles. The Kier molecular flexibility index (Phi) is 5.17. The molecule has 0 bridgehead atoms. The Bertz CT molecular complexity index is 595. The highest BCUT2D eigenvalue weighted by Crippen LogP contribution is 2.25. The molecule has 1 N–H and O–H groups in total. The van der Waals surface area contributed by atoms with E-state index in [1.807, 2.05) is 19.1 Å². The molecule has 2 rings (SSSR count). The lowest BCUT2D eigenvalue weighted by molar-refractivity contribution is 0.427. The third kappa shape index (κ3) is 4.14. The minimum absolute atomic E-state index is 0.00198. The first kappa shape index (κ1) is 16.2. The van der Waals surface area contributed by atoms with E-state index >= 15 is 0 Å². The van der Waals surface area contributed by atoms with E-state index < -0.39 is 0 Å². The quantitative estimate of drug-likeness (QED) is 0.780. The summed E-state index contributed by atoms with van der Waals surface area (Å²) in [5.41, 5.74) is 1.96. The largest absolute Gasteiger partial charge is 0.309 e. The molecule has 0 radical (unpaired) electrons. The second-order valence-corrected chi connectivity index (χ2v) is 6.93. The van der Waals surface area contributed by atoms with E-state index in [0.717, 1.165) is 11.0 Å². The summed E-state index contributed by atoms with van der Waals surface area (Å²) in [6.07, 6.45) is 0. The SMILES string of the molecule is CC(NCC(C)(C)c1ccccc1)c1cc(Br)ccc1F. The summed E-state index contributed by atoms with van der Waals surface area (Å²) in [7, 11) is 0. The molecule has 112 valence electrons. The molecule has 0 saturated carbocycles. The number of halogens is 2. The number of hydrogen-bond acceptors (Lipinski definition) is 1. The first-order valence-corrected chi connectivity index (χ1v) is 7.93. The zero-order valence-electron chi connectivity index (χ0n) is 12.7. The molecule has 0 aliphatic heterocycles. The van der Waals surface area contributed by atoms with Crippen LogP contribution in [0.25, 0.3) is 0 Å². The maximum atomic E-state index is 13.9. The van der Waals surface area contributed by atoms with E-state index in [-0.39, 0.29) is 17.3 Å². The summed E-state index contributed by atoms with van der Waals surface area (Å²) in [5.74, 6) is -0.171. The van der Waals surface area contributed by atoms with Gasteiger partial charge in [-0.15, -0.1) is 0 Å². The van der Waals surface area contributed by atoms with Crippen LogP contribution >= 0.6 is 15.9 Å². The minimum Gasteiger partial charge on any atom is -0.309 e. The lowest BCUT2D eigenvalue weighted by Crippen LogP contribution is -2.34. The summed E-state index contributed by atoms with van der Waals surface area (Å²) >= 11 is 3.40. The fourth-order valence-corrected chi connectivity index (χ4v) is 2.73. The predicted octanol–water partition coefficient (Wildman–Crippen LogP) is 5.22. The van der Waals surface area contributed by atoms with Gasteiger partial charge < -0.3 is 5.32 Å². The van der Waals surface area contributed by atoms with Gasteiger partial charge in [-0.05, 0) is 30.7 Å². The van der Waals surface area contributed by atoms with E-state index in [2.05, 4.69) is 59.4 Å². The van der Waals surface area contributed by atoms with E-state index in [0.29, 0.717) is 5.56 Å². The molecule has 2 aromatic rings. The Labute approximate surface area is 134 Å². The summed E-state index contributed by atoms with van der Waals surface area (Å²) in [6.45, 7) is 7.16. The monoisotopic (exact) mass is 349 g/mol. The van der Waals surface area contributed by atoms with Gasteiger partial charge in [-0.25, -0.2) is 4.39 Å². The Balaban J connectivity index is 2.07. The Morgan fingerprint density at radius 3 is 2.48 bits per heavy atom. The Hall–Kier alpha value is -1.19. The van der Waals surface area contributed by atoms with Crippen LogP contribution in [-0.2, 0) is 5.41 Å². The lowest BCUT2D eigenvalue weighted by Gasteiger charge is -2.28. The van der Waals surface area contributed by atoms with Gasteiger partial charge in [0.1, 0.15) is 5.82 Å². The Morgan fingerprint density at radius 1 is 1.14 bits per heavy atom. The maximum absolute atomic E-state index is 13.9. The molecule has 0 aliphatic carbocycles. The van der Waals surface area contributed by atoms with Crippen molar-refractivity contribution < 1.29 is 4.39 Å². The molecular formula is C18H21BrFN. The van der Waals surface area contributed by atoms with Crippen LogP contribution in [0.2, 0.25) is 0 Å². The second kappa shape index (κ2) is 6.71. The molecule has 0 aromatic heterocycles. The first-order valence-electron chi connectivity index (χ1n) is 7.14. The standard InChI is InChI=1S/C18H21BrFN/c1-13(16-11-15(19)9-10-17(16)20)21-12-18(2,3)14-7-5-4-6-8-14/h4-11,13,21H,12H2,1-3H3. The van der Waals surface area contributed by atoms with Crippen LogP contribution in [0.15, 0.2) is 53.0 Å². The van der Waals surface area contributed by atoms with Gasteiger partial charge in [0.15, 0.2) is 0 Å². The summed E-state index contributed by atoms with van der Waals surface area (Å²) in [4.78, 5) is 0. The number of hydrogen-bond donors (Lipinski definition) is 1. The summed E-state index contributed by atoms with van der Waals surface area (Å²) < 4.78 is 14.8. The minimum atomic E-state index is -0.171. The van der Waals surface area contributed by atoms with Gasteiger partial charge in [-0.2, -0.15) is 0 Å². The van der Waals surface area contributed by atoms with Crippen LogP contribution in [0.3, 0.4) is 0 Å². The van der Waals surface area contributed by atoms with Crippen LogP contribution in [0.4, 0.5) is 4.39 Å². The molecular weight excluding hydrogens is 329 g/mol. The topological polar surface area (TPSA) is 12.0 Å². The molecule has 3 heteroatoms. The van der Waals surface area contributed by atoms with Gasteiger partial charge in [0.2, 0.25) is 0 Å². The molecule has 0 spiro atoms. The van der Waals surface area contributed by atoms with Crippen LogP contribution in [0, 0.1) is 5.82 Å². The van der Waals surface area contributed by atoms with E-state index in [4.69, 9.17) is 0 Å². The van der Waals surface area contributed by atoms with Crippen molar-refractivity contribution in [2.75, 3.05) is 6.54 Å². The van der Waals surface area contributed by atoms with Crippen molar-refractivity contribution >= 4 is 15.9 Å². The molecule has 1 nitrogen and oxygen atoms in total. The van der Waals surface area contributed by atoms with Gasteiger partial charge in [0.05, 0.1) is 0 Å². The van der Waals surface area contributed by atoms with Crippen molar-refractivity contribution in [3.8, 4) is 0 Å². The van der Waals surface area contributed by atoms with Gasteiger partial charge in [-0.3, -0.25) is 0 Å². The summed E-state index contributed by atoms with van der Waals surface area (Å²) in [6, 6.07) is 15.4. The van der Waals surface area contributed by atoms with Crippen LogP contribution in [-0.4, -0.2) is 6.54 Å². The molecule has 2 aromatic carbocycles. The van der Waals surface area contributed by atoms with E-state index in [1.54, 1.807) is 6.07 Å². The normalized spacial score (nSPS) is 13.2. The highest BCUT2D eigenvalue weighted by Gasteiger charge is 2.21. The Morgan fingerprint density at radius 2 is 1.81 bits per heavy atom. The highest BCUT2D eigenvalue weighted by atomic mass is 79.9.